The first-order chi connectivity index (χ1) is 8.24. The van der Waals surface area contributed by atoms with E-state index in [1.165, 1.54) is 30.6 Å². The van der Waals surface area contributed by atoms with E-state index in [1.54, 1.807) is 0 Å². The average Bonchev–Trinajstić information content (AvgIpc) is 2.76. The number of hydrogen-bond donors (Lipinski definition) is 1. The first kappa shape index (κ1) is 12.4. The van der Waals surface area contributed by atoms with Crippen molar-refractivity contribution in [2.24, 2.45) is 0 Å². The summed E-state index contributed by atoms with van der Waals surface area (Å²) in [6, 6.07) is 9.95. The van der Waals surface area contributed by atoms with Crippen LogP contribution in [0.5, 0.6) is 0 Å². The molecular weight excluding hydrogens is 208 g/mol. The van der Waals surface area contributed by atoms with Gasteiger partial charge in [0.25, 0.3) is 0 Å². The maximum absolute atomic E-state index is 3.51. The standard InChI is InChI=1S/C15H24N2/c1-4-16-13(3)14-9-5-6-10-15(14)17-11-7-8-12(17)2/h5-6,9-10,12-13,16H,4,7-8,11H2,1-3H3. The molecule has 1 aliphatic rings. The number of hydrogen-bond acceptors (Lipinski definition) is 2. The van der Waals surface area contributed by atoms with E-state index in [1.807, 2.05) is 0 Å². The van der Waals surface area contributed by atoms with Crippen molar-refractivity contribution < 1.29 is 0 Å². The van der Waals surface area contributed by atoms with Crippen LogP contribution in [0.1, 0.15) is 45.2 Å². The summed E-state index contributed by atoms with van der Waals surface area (Å²) in [6.07, 6.45) is 2.65. The summed E-state index contributed by atoms with van der Waals surface area (Å²) in [5.74, 6) is 0. The summed E-state index contributed by atoms with van der Waals surface area (Å²) < 4.78 is 0. The van der Waals surface area contributed by atoms with Crippen LogP contribution in [0.2, 0.25) is 0 Å². The zero-order valence-corrected chi connectivity index (χ0v) is 11.2. The first-order valence-corrected chi connectivity index (χ1v) is 6.83. The van der Waals surface area contributed by atoms with Crippen LogP contribution in [0.25, 0.3) is 0 Å². The van der Waals surface area contributed by atoms with Crippen LogP contribution in [0, 0.1) is 0 Å². The molecule has 0 amide bonds. The fourth-order valence-corrected chi connectivity index (χ4v) is 2.82. The van der Waals surface area contributed by atoms with Gasteiger partial charge in [0.05, 0.1) is 0 Å². The Morgan fingerprint density at radius 1 is 1.41 bits per heavy atom. The van der Waals surface area contributed by atoms with Crippen molar-refractivity contribution >= 4 is 5.69 Å². The number of rotatable bonds is 4. The van der Waals surface area contributed by atoms with Crippen LogP contribution in [-0.4, -0.2) is 19.1 Å². The SMILES string of the molecule is CCNC(C)c1ccccc1N1CCCC1C. The number of para-hydroxylation sites is 1. The van der Waals surface area contributed by atoms with Crippen molar-refractivity contribution in [3.05, 3.63) is 29.8 Å². The van der Waals surface area contributed by atoms with Gasteiger partial charge in [0, 0.05) is 24.3 Å². The third-order valence-electron chi connectivity index (χ3n) is 3.78. The minimum Gasteiger partial charge on any atom is -0.369 e. The molecule has 1 aromatic rings. The van der Waals surface area contributed by atoms with Gasteiger partial charge in [-0.1, -0.05) is 25.1 Å². The predicted octanol–water partition coefficient (Wildman–Crippen LogP) is 3.35. The van der Waals surface area contributed by atoms with E-state index in [0.717, 1.165) is 6.54 Å². The Balaban J connectivity index is 2.26. The van der Waals surface area contributed by atoms with E-state index in [0.29, 0.717) is 12.1 Å². The van der Waals surface area contributed by atoms with Crippen LogP contribution >= 0.6 is 0 Å². The van der Waals surface area contributed by atoms with Crippen LogP contribution in [0.3, 0.4) is 0 Å². The van der Waals surface area contributed by atoms with Crippen LogP contribution in [0.15, 0.2) is 24.3 Å². The van der Waals surface area contributed by atoms with Crippen molar-refractivity contribution in [1.29, 1.82) is 0 Å². The first-order valence-electron chi connectivity index (χ1n) is 6.83. The van der Waals surface area contributed by atoms with Crippen molar-refractivity contribution in [3.63, 3.8) is 0 Å². The average molecular weight is 232 g/mol. The molecule has 2 heteroatoms. The van der Waals surface area contributed by atoms with Crippen LogP contribution in [-0.2, 0) is 0 Å². The van der Waals surface area contributed by atoms with Gasteiger partial charge < -0.3 is 10.2 Å². The monoisotopic (exact) mass is 232 g/mol. The summed E-state index contributed by atoms with van der Waals surface area (Å²) in [6.45, 7) is 8.98. The number of anilines is 1. The molecule has 2 nitrogen and oxygen atoms in total. The smallest absolute Gasteiger partial charge is 0.0417 e. The Kier molecular flexibility index (Phi) is 4.06. The van der Waals surface area contributed by atoms with Gasteiger partial charge >= 0.3 is 0 Å². The third kappa shape index (κ3) is 2.63. The fourth-order valence-electron chi connectivity index (χ4n) is 2.82. The minimum absolute atomic E-state index is 0.434. The van der Waals surface area contributed by atoms with E-state index in [-0.39, 0.29) is 0 Å². The molecular formula is C15H24N2. The lowest BCUT2D eigenvalue weighted by molar-refractivity contribution is 0.594. The molecule has 1 heterocycles. The summed E-state index contributed by atoms with van der Waals surface area (Å²) >= 11 is 0. The third-order valence-corrected chi connectivity index (χ3v) is 3.78. The number of nitrogens with one attached hydrogen (secondary N) is 1. The van der Waals surface area contributed by atoms with Crippen LogP contribution in [0.4, 0.5) is 5.69 Å². The van der Waals surface area contributed by atoms with Crippen molar-refractivity contribution in [2.75, 3.05) is 18.0 Å². The summed E-state index contributed by atoms with van der Waals surface area (Å²) in [5.41, 5.74) is 2.86. The van der Waals surface area contributed by atoms with Crippen molar-refractivity contribution in [3.8, 4) is 0 Å². The molecule has 94 valence electrons. The second kappa shape index (κ2) is 5.54. The summed E-state index contributed by atoms with van der Waals surface area (Å²) in [7, 11) is 0. The molecule has 17 heavy (non-hydrogen) atoms. The molecule has 2 atom stereocenters. The molecule has 1 fully saturated rings. The largest absolute Gasteiger partial charge is 0.369 e. The summed E-state index contributed by atoms with van der Waals surface area (Å²) in [5, 5.41) is 3.51. The molecule has 1 aromatic carbocycles. The topological polar surface area (TPSA) is 15.3 Å². The van der Waals surface area contributed by atoms with E-state index in [9.17, 15) is 0 Å². The fraction of sp³-hybridized carbons (Fsp3) is 0.600. The van der Waals surface area contributed by atoms with Gasteiger partial charge in [-0.2, -0.15) is 0 Å². The predicted molar refractivity (Wildman–Crippen MR) is 74.6 cm³/mol. The molecule has 1 aliphatic heterocycles. The molecule has 0 saturated carbocycles. The zero-order valence-electron chi connectivity index (χ0n) is 11.2. The highest BCUT2D eigenvalue weighted by Crippen LogP contribution is 2.31. The van der Waals surface area contributed by atoms with E-state index in [4.69, 9.17) is 0 Å². The highest BCUT2D eigenvalue weighted by Gasteiger charge is 2.23. The van der Waals surface area contributed by atoms with Gasteiger partial charge in [-0.05, 0) is 44.9 Å². The molecule has 0 bridgehead atoms. The Bertz CT molecular complexity index is 362. The Hall–Kier alpha value is -1.02. The minimum atomic E-state index is 0.434. The van der Waals surface area contributed by atoms with Gasteiger partial charge in [0.15, 0.2) is 0 Å². The molecule has 2 rings (SSSR count). The maximum Gasteiger partial charge on any atom is 0.0417 e. The van der Waals surface area contributed by atoms with Gasteiger partial charge in [-0.25, -0.2) is 0 Å². The van der Waals surface area contributed by atoms with Gasteiger partial charge in [-0.3, -0.25) is 0 Å². The second-order valence-electron chi connectivity index (χ2n) is 5.02. The highest BCUT2D eigenvalue weighted by molar-refractivity contribution is 5.56. The lowest BCUT2D eigenvalue weighted by Gasteiger charge is -2.28. The Morgan fingerprint density at radius 3 is 2.82 bits per heavy atom. The van der Waals surface area contributed by atoms with Gasteiger partial charge in [0.1, 0.15) is 0 Å². The maximum atomic E-state index is 3.51. The van der Waals surface area contributed by atoms with E-state index >= 15 is 0 Å². The lowest BCUT2D eigenvalue weighted by Crippen LogP contribution is -2.29. The number of nitrogens with zero attached hydrogens (tertiary/aromatic N) is 1. The number of benzene rings is 1. The van der Waals surface area contributed by atoms with Crippen LogP contribution < -0.4 is 10.2 Å². The van der Waals surface area contributed by atoms with E-state index < -0.39 is 0 Å². The molecule has 0 aromatic heterocycles. The molecule has 0 spiro atoms. The lowest BCUT2D eigenvalue weighted by atomic mass is 10.0. The molecule has 0 radical (unpaired) electrons. The highest BCUT2D eigenvalue weighted by atomic mass is 15.2. The van der Waals surface area contributed by atoms with Crippen molar-refractivity contribution in [2.45, 2.75) is 45.7 Å². The van der Waals surface area contributed by atoms with Gasteiger partial charge in [0.2, 0.25) is 0 Å². The van der Waals surface area contributed by atoms with E-state index in [2.05, 4.69) is 55.3 Å². The Morgan fingerprint density at radius 2 is 2.18 bits per heavy atom. The van der Waals surface area contributed by atoms with Gasteiger partial charge in [-0.15, -0.1) is 0 Å². The van der Waals surface area contributed by atoms with Crippen molar-refractivity contribution in [1.82, 2.24) is 5.32 Å². The normalized spacial score (nSPS) is 21.8. The quantitative estimate of drug-likeness (QED) is 0.856. The summed E-state index contributed by atoms with van der Waals surface area (Å²) in [4.78, 5) is 2.56. The zero-order chi connectivity index (χ0) is 12.3. The molecule has 1 N–H and O–H groups in total. The molecule has 2 unspecified atom stereocenters. The Labute approximate surface area is 105 Å². The second-order valence-corrected chi connectivity index (χ2v) is 5.02. The molecule has 1 saturated heterocycles. The molecule has 0 aliphatic carbocycles.